The first-order valence-electron chi connectivity index (χ1n) is 4.36. The van der Waals surface area contributed by atoms with Crippen molar-refractivity contribution in [3.8, 4) is 0 Å². The Bertz CT molecular complexity index is 603. The molecule has 15 heavy (non-hydrogen) atoms. The molecule has 80 valence electrons. The summed E-state index contributed by atoms with van der Waals surface area (Å²) < 4.78 is 27.4. The SMILES string of the molecule is CCc1noc2c(S(=O)(=O)Cl)cccc12. The molecule has 4 nitrogen and oxygen atoms in total. The van der Waals surface area contributed by atoms with Crippen LogP contribution in [0.4, 0.5) is 0 Å². The summed E-state index contributed by atoms with van der Waals surface area (Å²) in [4.78, 5) is -0.0335. The summed E-state index contributed by atoms with van der Waals surface area (Å²) in [7, 11) is 1.49. The van der Waals surface area contributed by atoms with Crippen LogP contribution in [0, 0.1) is 0 Å². The second kappa shape index (κ2) is 3.50. The predicted molar refractivity (Wildman–Crippen MR) is 56.4 cm³/mol. The van der Waals surface area contributed by atoms with Gasteiger partial charge in [-0.2, -0.15) is 0 Å². The minimum atomic E-state index is -3.79. The van der Waals surface area contributed by atoms with Gasteiger partial charge in [-0.25, -0.2) is 8.42 Å². The molecule has 1 heterocycles. The van der Waals surface area contributed by atoms with Crippen molar-refractivity contribution in [1.82, 2.24) is 5.16 Å². The van der Waals surface area contributed by atoms with E-state index in [2.05, 4.69) is 5.16 Å². The van der Waals surface area contributed by atoms with Crippen LogP contribution in [0.5, 0.6) is 0 Å². The van der Waals surface area contributed by atoms with Crippen molar-refractivity contribution in [3.63, 3.8) is 0 Å². The highest BCUT2D eigenvalue weighted by Gasteiger charge is 2.19. The van der Waals surface area contributed by atoms with E-state index < -0.39 is 9.05 Å². The fourth-order valence-corrected chi connectivity index (χ4v) is 2.41. The molecule has 0 radical (unpaired) electrons. The van der Waals surface area contributed by atoms with E-state index in [4.69, 9.17) is 15.2 Å². The second-order valence-corrected chi connectivity index (χ2v) is 5.59. The van der Waals surface area contributed by atoms with Crippen molar-refractivity contribution in [3.05, 3.63) is 23.9 Å². The summed E-state index contributed by atoms with van der Waals surface area (Å²) in [6.45, 7) is 1.92. The Hall–Kier alpha value is -1.07. The molecule has 0 spiro atoms. The summed E-state index contributed by atoms with van der Waals surface area (Å²) in [6, 6.07) is 4.78. The summed E-state index contributed by atoms with van der Waals surface area (Å²) in [5.74, 6) is 0. The molecule has 0 aliphatic heterocycles. The van der Waals surface area contributed by atoms with Crippen molar-refractivity contribution in [2.24, 2.45) is 0 Å². The minimum Gasteiger partial charge on any atom is -0.355 e. The fraction of sp³-hybridized carbons (Fsp3) is 0.222. The highest BCUT2D eigenvalue weighted by atomic mass is 35.7. The van der Waals surface area contributed by atoms with E-state index in [1.54, 1.807) is 12.1 Å². The van der Waals surface area contributed by atoms with E-state index in [0.29, 0.717) is 11.8 Å². The van der Waals surface area contributed by atoms with Gasteiger partial charge in [0.2, 0.25) is 0 Å². The van der Waals surface area contributed by atoms with E-state index in [0.717, 1.165) is 5.69 Å². The summed E-state index contributed by atoms with van der Waals surface area (Å²) >= 11 is 0. The maximum Gasteiger partial charge on any atom is 0.265 e. The number of halogens is 1. The molecule has 0 atom stereocenters. The zero-order valence-corrected chi connectivity index (χ0v) is 9.47. The van der Waals surface area contributed by atoms with Crippen LogP contribution in [0.25, 0.3) is 11.0 Å². The Morgan fingerprint density at radius 2 is 2.20 bits per heavy atom. The number of fused-ring (bicyclic) bond motifs is 1. The Balaban J connectivity index is 2.84. The van der Waals surface area contributed by atoms with Crippen LogP contribution >= 0.6 is 10.7 Å². The van der Waals surface area contributed by atoms with Crippen molar-refractivity contribution in [2.75, 3.05) is 0 Å². The lowest BCUT2D eigenvalue weighted by Gasteiger charge is -1.95. The first-order valence-corrected chi connectivity index (χ1v) is 6.67. The van der Waals surface area contributed by atoms with Crippen molar-refractivity contribution in [1.29, 1.82) is 0 Å². The first kappa shape index (κ1) is 10.4. The zero-order chi connectivity index (χ0) is 11.1. The molecule has 2 aromatic rings. The quantitative estimate of drug-likeness (QED) is 0.762. The highest BCUT2D eigenvalue weighted by Crippen LogP contribution is 2.27. The zero-order valence-electron chi connectivity index (χ0n) is 7.90. The molecule has 0 aliphatic rings. The molecule has 0 saturated carbocycles. The summed E-state index contributed by atoms with van der Waals surface area (Å²) in [6.07, 6.45) is 0.679. The molecular formula is C9H8ClNO3S. The van der Waals surface area contributed by atoms with Crippen LogP contribution in [-0.2, 0) is 15.5 Å². The third-order valence-corrected chi connectivity index (χ3v) is 3.48. The van der Waals surface area contributed by atoms with Gasteiger partial charge in [-0.3, -0.25) is 0 Å². The summed E-state index contributed by atoms with van der Waals surface area (Å²) in [5.41, 5.74) is 0.955. The van der Waals surface area contributed by atoms with Gasteiger partial charge in [0.1, 0.15) is 4.90 Å². The Kier molecular flexibility index (Phi) is 2.44. The lowest BCUT2D eigenvalue weighted by Crippen LogP contribution is -1.90. The molecule has 2 rings (SSSR count). The standard InChI is InChI=1S/C9H8ClNO3S/c1-2-7-6-4-3-5-8(15(10,12)13)9(6)14-11-7/h3-5H,2H2,1H3. The second-order valence-electron chi connectivity index (χ2n) is 3.05. The van der Waals surface area contributed by atoms with Gasteiger partial charge in [0, 0.05) is 16.1 Å². The van der Waals surface area contributed by atoms with Crippen molar-refractivity contribution >= 4 is 30.7 Å². The number of aromatic nitrogens is 1. The number of aryl methyl sites for hydroxylation is 1. The van der Waals surface area contributed by atoms with Gasteiger partial charge in [-0.05, 0) is 18.6 Å². The van der Waals surface area contributed by atoms with Gasteiger partial charge >= 0.3 is 0 Å². The van der Waals surface area contributed by atoms with Crippen molar-refractivity contribution < 1.29 is 12.9 Å². The van der Waals surface area contributed by atoms with Gasteiger partial charge < -0.3 is 4.52 Å². The average molecular weight is 246 g/mol. The Morgan fingerprint density at radius 3 is 2.80 bits per heavy atom. The Morgan fingerprint density at radius 1 is 1.47 bits per heavy atom. The van der Waals surface area contributed by atoms with Gasteiger partial charge in [0.25, 0.3) is 9.05 Å². The fourth-order valence-electron chi connectivity index (χ4n) is 1.43. The third kappa shape index (κ3) is 1.72. The van der Waals surface area contributed by atoms with Gasteiger partial charge in [0.05, 0.1) is 5.69 Å². The van der Waals surface area contributed by atoms with E-state index in [1.165, 1.54) is 6.07 Å². The number of hydrogen-bond acceptors (Lipinski definition) is 4. The van der Waals surface area contributed by atoms with Crippen LogP contribution < -0.4 is 0 Å². The van der Waals surface area contributed by atoms with Crippen LogP contribution in [0.2, 0.25) is 0 Å². The molecule has 0 N–H and O–H groups in total. The molecule has 0 saturated heterocycles. The lowest BCUT2D eigenvalue weighted by molar-refractivity contribution is 0.442. The molecule has 0 unspecified atom stereocenters. The van der Waals surface area contributed by atoms with Gasteiger partial charge in [-0.15, -0.1) is 0 Å². The number of hydrogen-bond donors (Lipinski definition) is 0. The smallest absolute Gasteiger partial charge is 0.265 e. The number of benzene rings is 1. The summed E-state index contributed by atoms with van der Waals surface area (Å²) in [5, 5.41) is 4.48. The van der Waals surface area contributed by atoms with Crippen LogP contribution in [0.15, 0.2) is 27.6 Å². The average Bonchev–Trinajstić information content (AvgIpc) is 2.58. The lowest BCUT2D eigenvalue weighted by atomic mass is 10.2. The highest BCUT2D eigenvalue weighted by molar-refractivity contribution is 8.13. The molecule has 0 aliphatic carbocycles. The topological polar surface area (TPSA) is 60.2 Å². The van der Waals surface area contributed by atoms with Crippen LogP contribution in [-0.4, -0.2) is 13.6 Å². The molecule has 0 amide bonds. The van der Waals surface area contributed by atoms with Crippen molar-refractivity contribution in [2.45, 2.75) is 18.2 Å². The number of para-hydroxylation sites is 1. The van der Waals surface area contributed by atoms with Gasteiger partial charge in [-0.1, -0.05) is 18.1 Å². The van der Waals surface area contributed by atoms with E-state index in [1.807, 2.05) is 6.92 Å². The monoisotopic (exact) mass is 245 g/mol. The normalized spacial score (nSPS) is 12.1. The molecule has 1 aromatic carbocycles. The van der Waals surface area contributed by atoms with E-state index in [-0.39, 0.29) is 10.5 Å². The van der Waals surface area contributed by atoms with E-state index >= 15 is 0 Å². The first-order chi connectivity index (χ1) is 7.04. The predicted octanol–water partition coefficient (Wildman–Crippen LogP) is 2.32. The molecule has 1 aromatic heterocycles. The van der Waals surface area contributed by atoms with Crippen LogP contribution in [0.3, 0.4) is 0 Å². The Labute approximate surface area is 91.2 Å². The minimum absolute atomic E-state index is 0.0335. The van der Waals surface area contributed by atoms with Crippen LogP contribution in [0.1, 0.15) is 12.6 Å². The molecule has 6 heteroatoms. The molecule has 0 bridgehead atoms. The molecular weight excluding hydrogens is 238 g/mol. The maximum atomic E-state index is 11.2. The van der Waals surface area contributed by atoms with Gasteiger partial charge in [0.15, 0.2) is 5.58 Å². The molecule has 0 fully saturated rings. The van der Waals surface area contributed by atoms with E-state index in [9.17, 15) is 8.42 Å². The number of rotatable bonds is 2. The third-order valence-electron chi connectivity index (χ3n) is 2.13. The number of nitrogens with zero attached hydrogens (tertiary/aromatic N) is 1. The largest absolute Gasteiger partial charge is 0.355 e. The maximum absolute atomic E-state index is 11.2.